The van der Waals surface area contributed by atoms with E-state index in [9.17, 15) is 4.79 Å². The van der Waals surface area contributed by atoms with E-state index in [1.807, 2.05) is 19.1 Å². The number of halogens is 1. The van der Waals surface area contributed by atoms with Gasteiger partial charge < -0.3 is 5.32 Å². The van der Waals surface area contributed by atoms with Gasteiger partial charge in [-0.15, -0.1) is 0 Å². The quantitative estimate of drug-likeness (QED) is 0.917. The van der Waals surface area contributed by atoms with E-state index in [4.69, 9.17) is 11.6 Å². The molecule has 18 heavy (non-hydrogen) atoms. The Hall–Kier alpha value is -1.88. The topological polar surface area (TPSA) is 59.8 Å². The van der Waals surface area contributed by atoms with Gasteiger partial charge in [-0.3, -0.25) is 9.78 Å². The van der Waals surface area contributed by atoms with Crippen molar-refractivity contribution in [2.45, 2.75) is 20.0 Å². The molecule has 0 bridgehead atoms. The van der Waals surface area contributed by atoms with Gasteiger partial charge in [0, 0.05) is 25.5 Å². The molecular weight excluding hydrogens is 252 g/mol. The van der Waals surface area contributed by atoms with Crippen LogP contribution < -0.4 is 10.9 Å². The fraction of sp³-hybridized carbons (Fsp3) is 0.250. The number of hydrogen-bond acceptors (Lipinski definition) is 4. The van der Waals surface area contributed by atoms with Gasteiger partial charge in [-0.05, 0) is 24.6 Å². The van der Waals surface area contributed by atoms with Crippen LogP contribution in [0.15, 0.2) is 35.5 Å². The van der Waals surface area contributed by atoms with Gasteiger partial charge in [0.25, 0.3) is 5.56 Å². The maximum absolute atomic E-state index is 11.8. The summed E-state index contributed by atoms with van der Waals surface area (Å²) in [4.78, 5) is 15.7. The molecule has 0 amide bonds. The number of pyridine rings is 1. The van der Waals surface area contributed by atoms with Crippen molar-refractivity contribution in [3.63, 3.8) is 0 Å². The number of aromatic nitrogens is 3. The molecule has 0 spiro atoms. The minimum absolute atomic E-state index is 0.168. The Labute approximate surface area is 109 Å². The lowest BCUT2D eigenvalue weighted by Crippen LogP contribution is -2.23. The van der Waals surface area contributed by atoms with Crippen LogP contribution in [0.5, 0.6) is 0 Å². The first-order valence-electron chi connectivity index (χ1n) is 5.60. The van der Waals surface area contributed by atoms with Crippen molar-refractivity contribution in [1.82, 2.24) is 14.8 Å². The second kappa shape index (κ2) is 5.64. The van der Waals surface area contributed by atoms with E-state index in [1.54, 1.807) is 18.6 Å². The average molecular weight is 265 g/mol. The predicted octanol–water partition coefficient (Wildman–Crippen LogP) is 1.92. The lowest BCUT2D eigenvalue weighted by molar-refractivity contribution is 0.616. The normalized spacial score (nSPS) is 10.3. The second-order valence-corrected chi connectivity index (χ2v) is 4.08. The molecule has 0 atom stereocenters. The molecule has 0 aliphatic heterocycles. The summed E-state index contributed by atoms with van der Waals surface area (Å²) in [7, 11) is 0. The molecule has 2 aromatic heterocycles. The van der Waals surface area contributed by atoms with E-state index in [0.717, 1.165) is 5.56 Å². The van der Waals surface area contributed by atoms with Gasteiger partial charge in [-0.1, -0.05) is 11.6 Å². The summed E-state index contributed by atoms with van der Waals surface area (Å²) in [6, 6.07) is 3.78. The molecule has 0 radical (unpaired) electrons. The first-order valence-corrected chi connectivity index (χ1v) is 5.98. The minimum Gasteiger partial charge on any atom is -0.378 e. The first kappa shape index (κ1) is 12.6. The van der Waals surface area contributed by atoms with Gasteiger partial charge in [0.15, 0.2) is 0 Å². The summed E-state index contributed by atoms with van der Waals surface area (Å²) in [6.07, 6.45) is 4.99. The molecule has 2 heterocycles. The highest BCUT2D eigenvalue weighted by molar-refractivity contribution is 6.32. The molecule has 6 heteroatoms. The third-order valence-electron chi connectivity index (χ3n) is 2.52. The molecule has 1 N–H and O–H groups in total. The largest absolute Gasteiger partial charge is 0.378 e. The van der Waals surface area contributed by atoms with E-state index in [0.29, 0.717) is 18.8 Å². The third-order valence-corrected chi connectivity index (χ3v) is 2.88. The summed E-state index contributed by atoms with van der Waals surface area (Å²) in [5.74, 6) is 0. The van der Waals surface area contributed by atoms with Crippen LogP contribution in [0.1, 0.15) is 12.5 Å². The number of aryl methyl sites for hydroxylation is 1. The fourth-order valence-corrected chi connectivity index (χ4v) is 1.72. The van der Waals surface area contributed by atoms with E-state index in [-0.39, 0.29) is 10.6 Å². The van der Waals surface area contributed by atoms with Gasteiger partial charge in [-0.2, -0.15) is 5.10 Å². The van der Waals surface area contributed by atoms with Crippen LogP contribution in [0.3, 0.4) is 0 Å². The summed E-state index contributed by atoms with van der Waals surface area (Å²) in [5.41, 5.74) is 1.32. The minimum atomic E-state index is -0.279. The molecule has 2 rings (SSSR count). The molecule has 0 aliphatic carbocycles. The zero-order chi connectivity index (χ0) is 13.0. The maximum atomic E-state index is 11.8. The second-order valence-electron chi connectivity index (χ2n) is 3.70. The van der Waals surface area contributed by atoms with E-state index < -0.39 is 0 Å². The average Bonchev–Trinajstić information content (AvgIpc) is 2.42. The summed E-state index contributed by atoms with van der Waals surface area (Å²) >= 11 is 6.00. The van der Waals surface area contributed by atoms with Gasteiger partial charge >= 0.3 is 0 Å². The van der Waals surface area contributed by atoms with Crippen molar-refractivity contribution in [1.29, 1.82) is 0 Å². The number of nitrogens with zero attached hydrogens (tertiary/aromatic N) is 3. The van der Waals surface area contributed by atoms with Crippen LogP contribution in [-0.4, -0.2) is 14.8 Å². The summed E-state index contributed by atoms with van der Waals surface area (Å²) < 4.78 is 1.32. The van der Waals surface area contributed by atoms with Gasteiger partial charge in [0.2, 0.25) is 0 Å². The van der Waals surface area contributed by atoms with Crippen LogP contribution in [0.2, 0.25) is 5.02 Å². The smallest absolute Gasteiger partial charge is 0.287 e. The molecule has 2 aromatic rings. The molecule has 0 aliphatic rings. The molecule has 0 aromatic carbocycles. The number of anilines is 1. The van der Waals surface area contributed by atoms with Gasteiger partial charge in [-0.25, -0.2) is 4.68 Å². The monoisotopic (exact) mass is 264 g/mol. The molecule has 0 unspecified atom stereocenters. The Morgan fingerprint density at radius 2 is 2.11 bits per heavy atom. The van der Waals surface area contributed by atoms with Crippen molar-refractivity contribution in [3.8, 4) is 0 Å². The van der Waals surface area contributed by atoms with Crippen molar-refractivity contribution >= 4 is 17.3 Å². The zero-order valence-corrected chi connectivity index (χ0v) is 10.7. The van der Waals surface area contributed by atoms with Crippen LogP contribution in [-0.2, 0) is 13.1 Å². The first-order chi connectivity index (χ1) is 8.72. The summed E-state index contributed by atoms with van der Waals surface area (Å²) in [5, 5.41) is 7.27. The van der Waals surface area contributed by atoms with Crippen LogP contribution in [0, 0.1) is 0 Å². The Kier molecular flexibility index (Phi) is 3.94. The zero-order valence-electron chi connectivity index (χ0n) is 9.93. The lowest BCUT2D eigenvalue weighted by atomic mass is 10.2. The number of hydrogen-bond donors (Lipinski definition) is 1. The highest BCUT2D eigenvalue weighted by Gasteiger charge is 2.07. The molecular formula is C12H13ClN4O. The number of nitrogens with one attached hydrogen (secondary N) is 1. The molecule has 0 saturated heterocycles. The number of rotatable bonds is 4. The predicted molar refractivity (Wildman–Crippen MR) is 70.7 cm³/mol. The van der Waals surface area contributed by atoms with Gasteiger partial charge in [0.1, 0.15) is 5.02 Å². The lowest BCUT2D eigenvalue weighted by Gasteiger charge is -2.09. The molecule has 0 fully saturated rings. The molecule has 5 nitrogen and oxygen atoms in total. The van der Waals surface area contributed by atoms with Crippen molar-refractivity contribution in [2.24, 2.45) is 0 Å². The Balaban J connectivity index is 2.16. The maximum Gasteiger partial charge on any atom is 0.287 e. The van der Waals surface area contributed by atoms with E-state index in [1.165, 1.54) is 4.68 Å². The highest BCUT2D eigenvalue weighted by atomic mass is 35.5. The van der Waals surface area contributed by atoms with Crippen molar-refractivity contribution < 1.29 is 0 Å². The van der Waals surface area contributed by atoms with Crippen LogP contribution >= 0.6 is 11.6 Å². The fourth-order valence-electron chi connectivity index (χ4n) is 1.51. The van der Waals surface area contributed by atoms with Crippen molar-refractivity contribution in [3.05, 3.63) is 51.7 Å². The van der Waals surface area contributed by atoms with Crippen LogP contribution in [0.25, 0.3) is 0 Å². The Bertz CT molecular complexity index is 582. The van der Waals surface area contributed by atoms with E-state index >= 15 is 0 Å². The Morgan fingerprint density at radius 1 is 1.39 bits per heavy atom. The molecule has 94 valence electrons. The van der Waals surface area contributed by atoms with Crippen LogP contribution in [0.4, 0.5) is 5.69 Å². The Morgan fingerprint density at radius 3 is 2.78 bits per heavy atom. The highest BCUT2D eigenvalue weighted by Crippen LogP contribution is 2.16. The SMILES string of the molecule is CCn1ncc(NCc2ccncc2)c(Cl)c1=O. The summed E-state index contributed by atoms with van der Waals surface area (Å²) in [6.45, 7) is 2.91. The molecule has 0 saturated carbocycles. The van der Waals surface area contributed by atoms with E-state index in [2.05, 4.69) is 15.4 Å². The van der Waals surface area contributed by atoms with Gasteiger partial charge in [0.05, 0.1) is 11.9 Å². The standard InChI is InChI=1S/C12H13ClN4O/c1-2-17-12(18)11(13)10(8-16-17)15-7-9-3-5-14-6-4-9/h3-6,8,15H,2,7H2,1H3. The third kappa shape index (κ3) is 2.68. The van der Waals surface area contributed by atoms with Crippen molar-refractivity contribution in [2.75, 3.05) is 5.32 Å².